The van der Waals surface area contributed by atoms with Gasteiger partial charge in [0.1, 0.15) is 5.92 Å². The van der Waals surface area contributed by atoms with Crippen molar-refractivity contribution in [3.8, 4) is 0 Å². The van der Waals surface area contributed by atoms with Crippen LogP contribution in [0.15, 0.2) is 22.8 Å². The summed E-state index contributed by atoms with van der Waals surface area (Å²) in [7, 11) is 3.83. The summed E-state index contributed by atoms with van der Waals surface area (Å²) >= 11 is 0. The van der Waals surface area contributed by atoms with Crippen molar-refractivity contribution in [2.24, 2.45) is 5.92 Å². The molecule has 136 valence electrons. The molecule has 0 bridgehead atoms. The number of hydrogen-bond acceptors (Lipinski definition) is 5. The Morgan fingerprint density at radius 2 is 1.42 bits per heavy atom. The van der Waals surface area contributed by atoms with Gasteiger partial charge in [0.25, 0.3) is 0 Å². The second-order valence-corrected chi connectivity index (χ2v) is 6.91. The topological polar surface area (TPSA) is 55.8 Å². The molecular weight excluding hydrogens is 306 g/mol. The fourth-order valence-corrected chi connectivity index (χ4v) is 2.71. The van der Waals surface area contributed by atoms with Crippen LogP contribution < -0.4 is 0 Å². The van der Waals surface area contributed by atoms with Gasteiger partial charge in [0, 0.05) is 19.8 Å². The quantitative estimate of drug-likeness (QED) is 0.635. The molecule has 0 amide bonds. The SMILES string of the molecule is CCC/C(=C(/C)N(C)C)C1C(=O)C(OC(C)C)=C(OC(C)C)C1=O. The van der Waals surface area contributed by atoms with E-state index >= 15 is 0 Å². The fraction of sp³-hybridized carbons (Fsp3) is 0.684. The maximum Gasteiger partial charge on any atom is 0.216 e. The summed E-state index contributed by atoms with van der Waals surface area (Å²) in [5.74, 6) is -1.24. The van der Waals surface area contributed by atoms with Crippen LogP contribution in [0.1, 0.15) is 54.4 Å². The molecule has 1 rings (SSSR count). The third kappa shape index (κ3) is 4.40. The molecule has 0 radical (unpaired) electrons. The minimum Gasteiger partial charge on any atom is -0.484 e. The number of Topliss-reactive ketones (excluding diaryl/α,β-unsaturated/α-hetero) is 2. The van der Waals surface area contributed by atoms with Crippen LogP contribution in [-0.4, -0.2) is 42.8 Å². The summed E-state index contributed by atoms with van der Waals surface area (Å²) in [4.78, 5) is 27.8. The molecule has 0 saturated heterocycles. The van der Waals surface area contributed by atoms with Crippen LogP contribution in [-0.2, 0) is 19.1 Å². The van der Waals surface area contributed by atoms with Crippen LogP contribution in [0.3, 0.4) is 0 Å². The highest BCUT2D eigenvalue weighted by Gasteiger charge is 2.46. The molecule has 0 aliphatic heterocycles. The van der Waals surface area contributed by atoms with Crippen LogP contribution in [0.4, 0.5) is 0 Å². The zero-order valence-electron chi connectivity index (χ0n) is 16.2. The van der Waals surface area contributed by atoms with Crippen LogP contribution in [0.5, 0.6) is 0 Å². The van der Waals surface area contributed by atoms with E-state index in [2.05, 4.69) is 0 Å². The van der Waals surface area contributed by atoms with E-state index in [1.54, 1.807) is 0 Å². The molecule has 0 N–H and O–H groups in total. The molecule has 5 heteroatoms. The zero-order valence-corrected chi connectivity index (χ0v) is 16.2. The van der Waals surface area contributed by atoms with Crippen molar-refractivity contribution in [2.45, 2.75) is 66.6 Å². The Morgan fingerprint density at radius 3 is 1.71 bits per heavy atom. The predicted molar refractivity (Wildman–Crippen MR) is 94.3 cm³/mol. The molecule has 0 atom stereocenters. The number of nitrogens with zero attached hydrogens (tertiary/aromatic N) is 1. The maximum atomic E-state index is 13.0. The summed E-state index contributed by atoms with van der Waals surface area (Å²) in [6.45, 7) is 11.3. The molecule has 5 nitrogen and oxygen atoms in total. The van der Waals surface area contributed by atoms with Gasteiger partial charge in [0.15, 0.2) is 0 Å². The van der Waals surface area contributed by atoms with E-state index in [1.807, 2.05) is 60.5 Å². The molecule has 0 unspecified atom stereocenters. The smallest absolute Gasteiger partial charge is 0.216 e. The van der Waals surface area contributed by atoms with Gasteiger partial charge in [0.05, 0.1) is 12.2 Å². The van der Waals surface area contributed by atoms with E-state index in [-0.39, 0.29) is 35.3 Å². The van der Waals surface area contributed by atoms with Crippen LogP contribution in [0.25, 0.3) is 0 Å². The largest absolute Gasteiger partial charge is 0.484 e. The summed E-state index contributed by atoms with van der Waals surface area (Å²) in [6, 6.07) is 0. The number of carbonyl (C=O) groups is 2. The van der Waals surface area contributed by atoms with E-state index in [9.17, 15) is 9.59 Å². The number of carbonyl (C=O) groups excluding carboxylic acids is 2. The van der Waals surface area contributed by atoms with E-state index < -0.39 is 5.92 Å². The van der Waals surface area contributed by atoms with Crippen LogP contribution in [0.2, 0.25) is 0 Å². The Labute approximate surface area is 145 Å². The Kier molecular flexibility index (Phi) is 7.06. The molecule has 1 aliphatic rings. The lowest BCUT2D eigenvalue weighted by Crippen LogP contribution is -2.25. The average molecular weight is 337 g/mol. The first-order chi connectivity index (χ1) is 11.1. The van der Waals surface area contributed by atoms with Gasteiger partial charge in [-0.2, -0.15) is 0 Å². The molecule has 24 heavy (non-hydrogen) atoms. The number of allylic oxidation sites excluding steroid dienone is 4. The highest BCUT2D eigenvalue weighted by molar-refractivity contribution is 6.24. The van der Waals surface area contributed by atoms with Crippen molar-refractivity contribution < 1.29 is 19.1 Å². The maximum absolute atomic E-state index is 13.0. The van der Waals surface area contributed by atoms with Gasteiger partial charge < -0.3 is 14.4 Å². The average Bonchev–Trinajstić information content (AvgIpc) is 2.68. The van der Waals surface area contributed by atoms with Crippen LogP contribution in [0, 0.1) is 5.92 Å². The minimum absolute atomic E-state index is 0.0776. The lowest BCUT2D eigenvalue weighted by Gasteiger charge is -2.22. The molecule has 0 aromatic rings. The summed E-state index contributed by atoms with van der Waals surface area (Å²) in [5, 5.41) is 0. The molecule has 0 saturated carbocycles. The van der Waals surface area contributed by atoms with Gasteiger partial charge in [-0.15, -0.1) is 0 Å². The Hall–Kier alpha value is -1.78. The molecular formula is C19H31NO4. The highest BCUT2D eigenvalue weighted by atomic mass is 16.5. The van der Waals surface area contributed by atoms with Crippen molar-refractivity contribution in [1.82, 2.24) is 4.90 Å². The van der Waals surface area contributed by atoms with Gasteiger partial charge in [-0.3, -0.25) is 9.59 Å². The van der Waals surface area contributed by atoms with E-state index in [0.29, 0.717) is 6.42 Å². The monoisotopic (exact) mass is 337 g/mol. The van der Waals surface area contributed by atoms with E-state index in [1.165, 1.54) is 0 Å². The van der Waals surface area contributed by atoms with Gasteiger partial charge >= 0.3 is 0 Å². The van der Waals surface area contributed by atoms with E-state index in [4.69, 9.17) is 9.47 Å². The molecule has 0 aromatic heterocycles. The molecule has 0 aromatic carbocycles. The number of rotatable bonds is 8. The van der Waals surface area contributed by atoms with Crippen molar-refractivity contribution in [3.63, 3.8) is 0 Å². The predicted octanol–water partition coefficient (Wildman–Crippen LogP) is 3.45. The number of ether oxygens (including phenoxy) is 2. The van der Waals surface area contributed by atoms with Crippen molar-refractivity contribution in [2.75, 3.05) is 14.1 Å². The third-order valence-corrected chi connectivity index (χ3v) is 3.89. The molecule has 0 fully saturated rings. The zero-order chi connectivity index (χ0) is 18.6. The highest BCUT2D eigenvalue weighted by Crippen LogP contribution is 2.36. The minimum atomic E-state index is -0.824. The van der Waals surface area contributed by atoms with Crippen molar-refractivity contribution in [3.05, 3.63) is 22.8 Å². The van der Waals surface area contributed by atoms with Crippen molar-refractivity contribution >= 4 is 11.6 Å². The standard InChI is InChI=1S/C19H31NO4/c1-9-10-14(13(6)20(7)8)15-16(21)18(23-11(2)3)19(17(15)22)24-12(4)5/h11-12,15H,9-10H2,1-8H3/b14-13+. The Bertz CT molecular complexity index is 524. The normalized spacial score (nSPS) is 17.1. The van der Waals surface area contributed by atoms with Crippen molar-refractivity contribution in [1.29, 1.82) is 0 Å². The lowest BCUT2D eigenvalue weighted by atomic mass is 9.89. The first-order valence-electron chi connectivity index (χ1n) is 8.64. The van der Waals surface area contributed by atoms with Gasteiger partial charge in [-0.05, 0) is 46.6 Å². The Morgan fingerprint density at radius 1 is 1.00 bits per heavy atom. The summed E-state index contributed by atoms with van der Waals surface area (Å²) in [6.07, 6.45) is 1.15. The second-order valence-electron chi connectivity index (χ2n) is 6.91. The van der Waals surface area contributed by atoms with Gasteiger partial charge in [-0.25, -0.2) is 0 Å². The first kappa shape index (κ1) is 20.3. The number of ketones is 2. The Balaban J connectivity index is 3.37. The van der Waals surface area contributed by atoms with Crippen LogP contribution >= 0.6 is 0 Å². The summed E-state index contributed by atoms with van der Waals surface area (Å²) < 4.78 is 11.3. The lowest BCUT2D eigenvalue weighted by molar-refractivity contribution is -0.127. The fourth-order valence-electron chi connectivity index (χ4n) is 2.71. The first-order valence-corrected chi connectivity index (χ1v) is 8.64. The second kappa shape index (κ2) is 8.36. The summed E-state index contributed by atoms with van der Waals surface area (Å²) in [5.41, 5.74) is 1.79. The molecule has 0 heterocycles. The van der Waals surface area contributed by atoms with E-state index in [0.717, 1.165) is 17.7 Å². The van der Waals surface area contributed by atoms with Gasteiger partial charge in [0.2, 0.25) is 23.1 Å². The number of hydrogen-bond donors (Lipinski definition) is 0. The molecule has 0 spiro atoms. The molecule has 1 aliphatic carbocycles. The third-order valence-electron chi connectivity index (χ3n) is 3.89. The van der Waals surface area contributed by atoms with Gasteiger partial charge in [-0.1, -0.05) is 13.3 Å².